The summed E-state index contributed by atoms with van der Waals surface area (Å²) in [4.78, 5) is 2.48. The average molecular weight is 248 g/mol. The van der Waals surface area contributed by atoms with Crippen LogP contribution in [-0.2, 0) is 0 Å². The molecule has 102 valence electrons. The van der Waals surface area contributed by atoms with Crippen LogP contribution < -0.4 is 5.73 Å². The predicted molar refractivity (Wildman–Crippen MR) is 79.8 cm³/mol. The van der Waals surface area contributed by atoms with Crippen LogP contribution >= 0.6 is 0 Å². The molecule has 0 spiro atoms. The fourth-order valence-corrected chi connectivity index (χ4v) is 2.41. The molecule has 0 aliphatic carbocycles. The van der Waals surface area contributed by atoms with Crippen LogP contribution in [0.25, 0.3) is 0 Å². The van der Waals surface area contributed by atoms with Crippen LogP contribution in [0.4, 0.5) is 0 Å². The molecule has 0 aromatic heterocycles. The third-order valence-electron chi connectivity index (χ3n) is 3.59. The molecule has 1 aromatic rings. The third kappa shape index (κ3) is 3.82. The Labute approximate surface area is 112 Å². The monoisotopic (exact) mass is 248 g/mol. The molecular weight excluding hydrogens is 220 g/mol. The second-order valence-electron chi connectivity index (χ2n) is 5.58. The molecule has 1 atom stereocenters. The number of hydrogen-bond donors (Lipinski definition) is 1. The Morgan fingerprint density at radius 1 is 1.17 bits per heavy atom. The first-order chi connectivity index (χ1) is 8.49. The molecule has 1 unspecified atom stereocenters. The van der Waals surface area contributed by atoms with Crippen LogP contribution in [0.5, 0.6) is 0 Å². The van der Waals surface area contributed by atoms with Gasteiger partial charge in [0.1, 0.15) is 0 Å². The van der Waals surface area contributed by atoms with Crippen LogP contribution in [0.1, 0.15) is 43.5 Å². The molecule has 2 nitrogen and oxygen atoms in total. The SMILES string of the molecule is CCN(CC(C)C)C(CN)c1ccc(C)c(C)c1. The summed E-state index contributed by atoms with van der Waals surface area (Å²) in [5.74, 6) is 0.672. The molecule has 1 rings (SSSR count). The lowest BCUT2D eigenvalue weighted by Gasteiger charge is -2.32. The normalized spacial score (nSPS) is 13.3. The van der Waals surface area contributed by atoms with Crippen molar-refractivity contribution < 1.29 is 0 Å². The first kappa shape index (κ1) is 15.2. The van der Waals surface area contributed by atoms with E-state index in [-0.39, 0.29) is 0 Å². The van der Waals surface area contributed by atoms with Gasteiger partial charge in [-0.05, 0) is 43.0 Å². The van der Waals surface area contributed by atoms with Gasteiger partial charge in [0.25, 0.3) is 0 Å². The van der Waals surface area contributed by atoms with E-state index in [1.54, 1.807) is 0 Å². The summed E-state index contributed by atoms with van der Waals surface area (Å²) in [6.45, 7) is 13.9. The van der Waals surface area contributed by atoms with E-state index in [0.29, 0.717) is 18.5 Å². The largest absolute Gasteiger partial charge is 0.329 e. The number of hydrogen-bond acceptors (Lipinski definition) is 2. The maximum atomic E-state index is 6.00. The van der Waals surface area contributed by atoms with Gasteiger partial charge in [-0.25, -0.2) is 0 Å². The molecule has 0 saturated carbocycles. The van der Waals surface area contributed by atoms with Gasteiger partial charge in [0.2, 0.25) is 0 Å². The van der Waals surface area contributed by atoms with Crippen LogP contribution in [0, 0.1) is 19.8 Å². The van der Waals surface area contributed by atoms with Crippen molar-refractivity contribution in [2.75, 3.05) is 19.6 Å². The van der Waals surface area contributed by atoms with E-state index < -0.39 is 0 Å². The molecule has 0 aliphatic rings. The van der Waals surface area contributed by atoms with Crippen molar-refractivity contribution in [3.05, 3.63) is 34.9 Å². The van der Waals surface area contributed by atoms with E-state index in [4.69, 9.17) is 5.73 Å². The number of benzene rings is 1. The zero-order valence-electron chi connectivity index (χ0n) is 12.5. The highest BCUT2D eigenvalue weighted by Crippen LogP contribution is 2.22. The van der Waals surface area contributed by atoms with Gasteiger partial charge in [-0.2, -0.15) is 0 Å². The minimum Gasteiger partial charge on any atom is -0.329 e. The van der Waals surface area contributed by atoms with Crippen molar-refractivity contribution in [2.24, 2.45) is 11.7 Å². The fraction of sp³-hybridized carbons (Fsp3) is 0.625. The van der Waals surface area contributed by atoms with Gasteiger partial charge in [-0.15, -0.1) is 0 Å². The van der Waals surface area contributed by atoms with Crippen molar-refractivity contribution in [2.45, 2.75) is 40.7 Å². The summed E-state index contributed by atoms with van der Waals surface area (Å²) in [7, 11) is 0. The fourth-order valence-electron chi connectivity index (χ4n) is 2.41. The van der Waals surface area contributed by atoms with Crippen LogP contribution in [0.2, 0.25) is 0 Å². The lowest BCUT2D eigenvalue weighted by Crippen LogP contribution is -2.36. The Bertz CT molecular complexity index is 371. The maximum absolute atomic E-state index is 6.00. The highest BCUT2D eigenvalue weighted by Gasteiger charge is 2.18. The number of nitrogens with zero attached hydrogens (tertiary/aromatic N) is 1. The quantitative estimate of drug-likeness (QED) is 0.837. The molecular formula is C16H28N2. The molecule has 0 heterocycles. The Hall–Kier alpha value is -0.860. The van der Waals surface area contributed by atoms with E-state index >= 15 is 0 Å². The third-order valence-corrected chi connectivity index (χ3v) is 3.59. The Kier molecular flexibility index (Phi) is 5.83. The van der Waals surface area contributed by atoms with Gasteiger partial charge in [0.15, 0.2) is 0 Å². The molecule has 2 N–H and O–H groups in total. The Morgan fingerprint density at radius 3 is 2.28 bits per heavy atom. The smallest absolute Gasteiger partial charge is 0.0470 e. The zero-order valence-corrected chi connectivity index (χ0v) is 12.5. The van der Waals surface area contributed by atoms with Gasteiger partial charge in [-0.1, -0.05) is 39.0 Å². The minimum absolute atomic E-state index is 0.344. The maximum Gasteiger partial charge on any atom is 0.0470 e. The van der Waals surface area contributed by atoms with Crippen molar-refractivity contribution in [1.29, 1.82) is 0 Å². The summed E-state index contributed by atoms with van der Waals surface area (Å²) in [5, 5.41) is 0. The van der Waals surface area contributed by atoms with Crippen molar-refractivity contribution >= 4 is 0 Å². The number of aryl methyl sites for hydroxylation is 2. The van der Waals surface area contributed by atoms with Gasteiger partial charge in [0, 0.05) is 19.1 Å². The first-order valence-electron chi connectivity index (χ1n) is 7.00. The standard InChI is InChI=1S/C16H28N2/c1-6-18(11-12(2)3)16(10-17)15-8-7-13(4)14(5)9-15/h7-9,12,16H,6,10-11,17H2,1-5H3. The van der Waals surface area contributed by atoms with E-state index in [0.717, 1.165) is 13.1 Å². The summed E-state index contributed by atoms with van der Waals surface area (Å²) in [6.07, 6.45) is 0. The van der Waals surface area contributed by atoms with Crippen LogP contribution in [0.3, 0.4) is 0 Å². The zero-order chi connectivity index (χ0) is 13.7. The van der Waals surface area contributed by atoms with E-state index in [1.165, 1.54) is 16.7 Å². The second-order valence-corrected chi connectivity index (χ2v) is 5.58. The molecule has 0 fully saturated rings. The average Bonchev–Trinajstić information content (AvgIpc) is 2.32. The molecule has 0 saturated heterocycles. The number of nitrogens with two attached hydrogens (primary N) is 1. The molecule has 0 amide bonds. The molecule has 1 aromatic carbocycles. The van der Waals surface area contributed by atoms with Gasteiger partial charge < -0.3 is 5.73 Å². The predicted octanol–water partition coefficient (Wildman–Crippen LogP) is 3.28. The lowest BCUT2D eigenvalue weighted by molar-refractivity contribution is 0.189. The van der Waals surface area contributed by atoms with E-state index in [9.17, 15) is 0 Å². The van der Waals surface area contributed by atoms with Crippen molar-refractivity contribution in [3.8, 4) is 0 Å². The van der Waals surface area contributed by atoms with Gasteiger partial charge in [0.05, 0.1) is 0 Å². The topological polar surface area (TPSA) is 29.3 Å². The van der Waals surface area contributed by atoms with Crippen molar-refractivity contribution in [3.63, 3.8) is 0 Å². The summed E-state index contributed by atoms with van der Waals surface area (Å²) in [5.41, 5.74) is 10.1. The van der Waals surface area contributed by atoms with Crippen molar-refractivity contribution in [1.82, 2.24) is 4.90 Å². The molecule has 18 heavy (non-hydrogen) atoms. The highest BCUT2D eigenvalue weighted by molar-refractivity contribution is 5.32. The van der Waals surface area contributed by atoms with Crippen LogP contribution in [-0.4, -0.2) is 24.5 Å². The number of likely N-dealkylation sites (N-methyl/N-ethyl adjacent to an activating group) is 1. The Balaban J connectivity index is 2.95. The first-order valence-corrected chi connectivity index (χ1v) is 7.00. The molecule has 0 bridgehead atoms. The molecule has 0 aliphatic heterocycles. The highest BCUT2D eigenvalue weighted by atomic mass is 15.2. The van der Waals surface area contributed by atoms with Gasteiger partial charge >= 0.3 is 0 Å². The lowest BCUT2D eigenvalue weighted by atomic mass is 9.99. The summed E-state index contributed by atoms with van der Waals surface area (Å²) in [6, 6.07) is 7.06. The minimum atomic E-state index is 0.344. The van der Waals surface area contributed by atoms with E-state index in [2.05, 4.69) is 57.7 Å². The Morgan fingerprint density at radius 2 is 1.83 bits per heavy atom. The second kappa shape index (κ2) is 6.91. The molecule has 2 heteroatoms. The van der Waals surface area contributed by atoms with Crippen LogP contribution in [0.15, 0.2) is 18.2 Å². The molecule has 0 radical (unpaired) electrons. The van der Waals surface area contributed by atoms with E-state index in [1.807, 2.05) is 0 Å². The number of rotatable bonds is 6. The summed E-state index contributed by atoms with van der Waals surface area (Å²) >= 11 is 0. The van der Waals surface area contributed by atoms with Gasteiger partial charge in [-0.3, -0.25) is 4.90 Å². The summed E-state index contributed by atoms with van der Waals surface area (Å²) < 4.78 is 0.